The van der Waals surface area contributed by atoms with Crippen molar-refractivity contribution in [3.05, 3.63) is 35.4 Å². The van der Waals surface area contributed by atoms with Crippen LogP contribution in [-0.4, -0.2) is 6.67 Å². The minimum atomic E-state index is -0.566. The van der Waals surface area contributed by atoms with Gasteiger partial charge in [0.2, 0.25) is 0 Å². The number of unbranched alkanes of at least 4 members (excludes halogenated alkanes) is 2. The summed E-state index contributed by atoms with van der Waals surface area (Å²) in [5.74, 6) is 6.99. The average Bonchev–Trinajstić information content (AvgIpc) is 2.54. The molecule has 0 amide bonds. The minimum Gasteiger partial charge on any atom is -0.237 e. The Morgan fingerprint density at radius 3 is 2.38 bits per heavy atom. The standard InChI is InChI=1S/C20H27F/c1-2-3-4-6-17-8-12-19(13-9-17)20-14-10-18(11-15-20)7-5-16-21/h10-11,14-15,17,19H,2-4,6,8-9,12-13,16H2,1H3. The fourth-order valence-corrected chi connectivity index (χ4v) is 3.44. The quantitative estimate of drug-likeness (QED) is 0.469. The summed E-state index contributed by atoms with van der Waals surface area (Å²) >= 11 is 0. The van der Waals surface area contributed by atoms with E-state index in [9.17, 15) is 4.39 Å². The van der Waals surface area contributed by atoms with Crippen LogP contribution in [0.25, 0.3) is 0 Å². The van der Waals surface area contributed by atoms with Gasteiger partial charge in [-0.25, -0.2) is 4.39 Å². The maximum Gasteiger partial charge on any atom is 0.150 e. The van der Waals surface area contributed by atoms with Gasteiger partial charge in [-0.05, 0) is 55.2 Å². The van der Waals surface area contributed by atoms with Gasteiger partial charge in [0.15, 0.2) is 6.67 Å². The smallest absolute Gasteiger partial charge is 0.150 e. The second-order valence-electron chi connectivity index (χ2n) is 6.27. The van der Waals surface area contributed by atoms with E-state index in [1.807, 2.05) is 12.1 Å². The molecule has 1 aliphatic rings. The van der Waals surface area contributed by atoms with Crippen LogP contribution in [0.4, 0.5) is 4.39 Å². The summed E-state index contributed by atoms with van der Waals surface area (Å²) in [6.07, 6.45) is 11.0. The van der Waals surface area contributed by atoms with Crippen molar-refractivity contribution < 1.29 is 4.39 Å². The summed E-state index contributed by atoms with van der Waals surface area (Å²) in [7, 11) is 0. The molecule has 0 nitrogen and oxygen atoms in total. The van der Waals surface area contributed by atoms with Gasteiger partial charge >= 0.3 is 0 Å². The highest BCUT2D eigenvalue weighted by Gasteiger charge is 2.21. The molecular formula is C20H27F. The minimum absolute atomic E-state index is 0.566. The van der Waals surface area contributed by atoms with E-state index in [2.05, 4.69) is 30.9 Å². The molecule has 0 aromatic heterocycles. The number of benzene rings is 1. The third kappa shape index (κ3) is 5.20. The molecule has 114 valence electrons. The van der Waals surface area contributed by atoms with Crippen LogP contribution in [0.2, 0.25) is 0 Å². The second kappa shape index (κ2) is 8.88. The van der Waals surface area contributed by atoms with Gasteiger partial charge in [0.05, 0.1) is 0 Å². The first-order valence-corrected chi connectivity index (χ1v) is 8.48. The van der Waals surface area contributed by atoms with Gasteiger partial charge in [0, 0.05) is 5.56 Å². The molecule has 0 N–H and O–H groups in total. The Morgan fingerprint density at radius 1 is 1.05 bits per heavy atom. The van der Waals surface area contributed by atoms with Crippen LogP contribution in [-0.2, 0) is 0 Å². The van der Waals surface area contributed by atoms with Crippen LogP contribution in [0, 0.1) is 17.8 Å². The van der Waals surface area contributed by atoms with Crippen molar-refractivity contribution in [3.63, 3.8) is 0 Å². The van der Waals surface area contributed by atoms with Crippen LogP contribution < -0.4 is 0 Å². The molecule has 0 bridgehead atoms. The van der Waals surface area contributed by atoms with E-state index >= 15 is 0 Å². The lowest BCUT2D eigenvalue weighted by Gasteiger charge is -2.29. The molecule has 0 radical (unpaired) electrons. The summed E-state index contributed by atoms with van der Waals surface area (Å²) in [6, 6.07) is 8.44. The van der Waals surface area contributed by atoms with Crippen molar-refractivity contribution >= 4 is 0 Å². The largest absolute Gasteiger partial charge is 0.237 e. The predicted molar refractivity (Wildman–Crippen MR) is 88.1 cm³/mol. The first-order valence-electron chi connectivity index (χ1n) is 8.48. The van der Waals surface area contributed by atoms with E-state index in [0.29, 0.717) is 0 Å². The topological polar surface area (TPSA) is 0 Å². The number of hydrogen-bond acceptors (Lipinski definition) is 0. The van der Waals surface area contributed by atoms with Crippen molar-refractivity contribution in [2.75, 3.05) is 6.67 Å². The fourth-order valence-electron chi connectivity index (χ4n) is 3.44. The van der Waals surface area contributed by atoms with Crippen LogP contribution >= 0.6 is 0 Å². The molecule has 0 heterocycles. The van der Waals surface area contributed by atoms with E-state index in [4.69, 9.17) is 0 Å². The molecule has 0 aliphatic heterocycles. The zero-order valence-electron chi connectivity index (χ0n) is 13.2. The molecule has 1 aromatic carbocycles. The summed E-state index contributed by atoms with van der Waals surface area (Å²) in [4.78, 5) is 0. The van der Waals surface area contributed by atoms with Crippen LogP contribution in [0.3, 0.4) is 0 Å². The normalized spacial score (nSPS) is 21.6. The highest BCUT2D eigenvalue weighted by Crippen LogP contribution is 2.37. The van der Waals surface area contributed by atoms with Gasteiger partial charge in [-0.15, -0.1) is 0 Å². The maximum atomic E-state index is 12.0. The summed E-state index contributed by atoms with van der Waals surface area (Å²) in [6.45, 7) is 1.71. The lowest BCUT2D eigenvalue weighted by atomic mass is 9.77. The van der Waals surface area contributed by atoms with E-state index < -0.39 is 6.67 Å². The van der Waals surface area contributed by atoms with Gasteiger partial charge in [-0.2, -0.15) is 0 Å². The Morgan fingerprint density at radius 2 is 1.76 bits per heavy atom. The van der Waals surface area contributed by atoms with E-state index in [1.54, 1.807) is 0 Å². The molecule has 1 aromatic rings. The summed E-state index contributed by atoms with van der Waals surface area (Å²) < 4.78 is 12.0. The van der Waals surface area contributed by atoms with Gasteiger partial charge in [0.1, 0.15) is 0 Å². The Bertz CT molecular complexity index is 455. The van der Waals surface area contributed by atoms with Crippen molar-refractivity contribution in [3.8, 4) is 11.8 Å². The van der Waals surface area contributed by atoms with E-state index in [0.717, 1.165) is 17.4 Å². The number of hydrogen-bond donors (Lipinski definition) is 0. The number of alkyl halides is 1. The van der Waals surface area contributed by atoms with Crippen LogP contribution in [0.5, 0.6) is 0 Å². The Hall–Kier alpha value is -1.29. The summed E-state index contributed by atoms with van der Waals surface area (Å²) in [5.41, 5.74) is 2.36. The first-order chi connectivity index (χ1) is 10.3. The lowest BCUT2D eigenvalue weighted by Crippen LogP contribution is -2.13. The van der Waals surface area contributed by atoms with Crippen LogP contribution in [0.1, 0.15) is 75.3 Å². The van der Waals surface area contributed by atoms with Gasteiger partial charge in [-0.1, -0.05) is 56.6 Å². The molecule has 0 atom stereocenters. The van der Waals surface area contributed by atoms with Crippen molar-refractivity contribution in [1.82, 2.24) is 0 Å². The molecule has 2 rings (SSSR count). The second-order valence-corrected chi connectivity index (χ2v) is 6.27. The summed E-state index contributed by atoms with van der Waals surface area (Å²) in [5, 5.41) is 0. The molecule has 1 heteroatoms. The lowest BCUT2D eigenvalue weighted by molar-refractivity contribution is 0.303. The number of halogens is 1. The highest BCUT2D eigenvalue weighted by atomic mass is 19.1. The molecule has 1 fully saturated rings. The van der Waals surface area contributed by atoms with Crippen molar-refractivity contribution in [2.45, 2.75) is 64.2 Å². The molecule has 0 saturated heterocycles. The van der Waals surface area contributed by atoms with Crippen LogP contribution in [0.15, 0.2) is 24.3 Å². The molecule has 1 aliphatic carbocycles. The van der Waals surface area contributed by atoms with Crippen molar-refractivity contribution in [1.29, 1.82) is 0 Å². The Labute approximate surface area is 129 Å². The van der Waals surface area contributed by atoms with E-state index in [-0.39, 0.29) is 0 Å². The average molecular weight is 286 g/mol. The third-order valence-corrected chi connectivity index (χ3v) is 4.74. The molecule has 0 unspecified atom stereocenters. The highest BCUT2D eigenvalue weighted by molar-refractivity contribution is 5.37. The fraction of sp³-hybridized carbons (Fsp3) is 0.600. The third-order valence-electron chi connectivity index (χ3n) is 4.74. The molecule has 0 spiro atoms. The van der Waals surface area contributed by atoms with Gasteiger partial charge < -0.3 is 0 Å². The zero-order valence-corrected chi connectivity index (χ0v) is 13.2. The van der Waals surface area contributed by atoms with Crippen molar-refractivity contribution in [2.24, 2.45) is 5.92 Å². The molecule has 21 heavy (non-hydrogen) atoms. The maximum absolute atomic E-state index is 12.0. The molecule has 1 saturated carbocycles. The Balaban J connectivity index is 1.81. The van der Waals surface area contributed by atoms with Gasteiger partial charge in [-0.3, -0.25) is 0 Å². The predicted octanol–water partition coefficient (Wildman–Crippen LogP) is 5.86. The van der Waals surface area contributed by atoms with Gasteiger partial charge in [0.25, 0.3) is 0 Å². The SMILES string of the molecule is CCCCCC1CCC(c2ccc(C#CCF)cc2)CC1. The molecular weight excluding hydrogens is 259 g/mol. The number of rotatable bonds is 5. The zero-order chi connectivity index (χ0) is 14.9. The monoisotopic (exact) mass is 286 g/mol. The first kappa shape index (κ1) is 16.1. The van der Waals surface area contributed by atoms with E-state index in [1.165, 1.54) is 56.9 Å². The Kier molecular flexibility index (Phi) is 6.80.